The Morgan fingerprint density at radius 2 is 1.14 bits per heavy atom. The third-order valence-electron chi connectivity index (χ3n) is 8.76. The van der Waals surface area contributed by atoms with Crippen molar-refractivity contribution in [2.24, 2.45) is 25.0 Å². The standard InChI is InChI=1S/C9H10N2O2.2C8H12N2O2.2C6H8N2O2/c1-3-5-8-6-7(4-2)9(10-8)11(12)13;1-3-6-5-8(10(11)12)9-7(6)4-2;1-3-6-5-7(4-2)9-8(6)10(11)12;1-2-5-3-7-4-6(5)8(9)10;1-2-5-3-6(7-4-5)8(9)10/h4,6H2,1-2H3;2*3-5H2,1-2H3;2*4H,2-3H2,1H3. The summed E-state index contributed by atoms with van der Waals surface area (Å²) in [4.78, 5) is 68.9. The fraction of sp³-hybridized carbons (Fsp3) is 0.541. The molecule has 0 aromatic rings. The van der Waals surface area contributed by atoms with E-state index in [9.17, 15) is 50.6 Å². The summed E-state index contributed by atoms with van der Waals surface area (Å²) in [6.45, 7) is 15.8. The van der Waals surface area contributed by atoms with Gasteiger partial charge < -0.3 is 40.5 Å². The predicted molar refractivity (Wildman–Crippen MR) is 218 cm³/mol. The first-order chi connectivity index (χ1) is 27.0. The number of aliphatic imine (C=N–C) groups is 5. The molecule has 0 amide bonds. The van der Waals surface area contributed by atoms with E-state index in [0.29, 0.717) is 44.4 Å². The lowest BCUT2D eigenvalue weighted by atomic mass is 10.1. The maximum atomic E-state index is 10.5. The Hall–Kier alpha value is -6.39. The summed E-state index contributed by atoms with van der Waals surface area (Å²) in [5.41, 5.74) is 7.22. The lowest BCUT2D eigenvalue weighted by Gasteiger charge is -1.93. The summed E-state index contributed by atoms with van der Waals surface area (Å²) in [7, 11) is 0. The van der Waals surface area contributed by atoms with Crippen molar-refractivity contribution in [3.05, 3.63) is 108 Å². The maximum Gasteiger partial charge on any atom is 0.364 e. The van der Waals surface area contributed by atoms with E-state index in [1.54, 1.807) is 13.1 Å². The zero-order chi connectivity index (χ0) is 43.2. The van der Waals surface area contributed by atoms with Crippen LogP contribution in [0.4, 0.5) is 0 Å². The molecule has 5 aliphatic rings. The van der Waals surface area contributed by atoms with Crippen LogP contribution in [0.3, 0.4) is 0 Å². The maximum absolute atomic E-state index is 10.5. The van der Waals surface area contributed by atoms with Gasteiger partial charge in [-0.3, -0.25) is 15.1 Å². The molecule has 0 radical (unpaired) electrons. The van der Waals surface area contributed by atoms with E-state index >= 15 is 0 Å². The first kappa shape index (κ1) is 48.6. The Morgan fingerprint density at radius 3 is 1.49 bits per heavy atom. The fourth-order valence-electron chi connectivity index (χ4n) is 5.45. The molecule has 20 heteroatoms. The average Bonchev–Trinajstić information content (AvgIpc) is 4.04. The van der Waals surface area contributed by atoms with Gasteiger partial charge in [0.15, 0.2) is 5.70 Å². The fourth-order valence-corrected chi connectivity index (χ4v) is 5.45. The highest BCUT2D eigenvalue weighted by Crippen LogP contribution is 2.26. The normalized spacial score (nSPS) is 16.2. The van der Waals surface area contributed by atoms with Crippen molar-refractivity contribution in [3.63, 3.8) is 0 Å². The van der Waals surface area contributed by atoms with Gasteiger partial charge in [-0.1, -0.05) is 59.4 Å². The van der Waals surface area contributed by atoms with Crippen molar-refractivity contribution in [1.29, 1.82) is 0 Å². The van der Waals surface area contributed by atoms with Gasteiger partial charge in [0.25, 0.3) is 5.70 Å². The summed E-state index contributed by atoms with van der Waals surface area (Å²) < 4.78 is 0. The molecule has 5 heterocycles. The van der Waals surface area contributed by atoms with Gasteiger partial charge in [-0.15, -0.1) is 0 Å². The van der Waals surface area contributed by atoms with E-state index in [-0.39, 0.29) is 38.9 Å². The third kappa shape index (κ3) is 15.3. The van der Waals surface area contributed by atoms with Gasteiger partial charge in [-0.2, -0.15) is 0 Å². The molecule has 0 aliphatic carbocycles. The molecule has 0 atom stereocenters. The van der Waals surface area contributed by atoms with Crippen molar-refractivity contribution in [1.82, 2.24) is 0 Å². The van der Waals surface area contributed by atoms with Crippen molar-refractivity contribution >= 4 is 29.3 Å². The van der Waals surface area contributed by atoms with Gasteiger partial charge in [-0.05, 0) is 90.8 Å². The minimum absolute atomic E-state index is 0.0137. The summed E-state index contributed by atoms with van der Waals surface area (Å²) in [5, 5.41) is 51.7. The van der Waals surface area contributed by atoms with Crippen molar-refractivity contribution < 1.29 is 24.6 Å². The van der Waals surface area contributed by atoms with Crippen LogP contribution in [0.25, 0.3) is 0 Å². The molecule has 57 heavy (non-hydrogen) atoms. The van der Waals surface area contributed by atoms with Gasteiger partial charge in [0.1, 0.15) is 11.9 Å². The number of rotatable bonds is 10. The molecule has 0 saturated carbocycles. The lowest BCUT2D eigenvalue weighted by molar-refractivity contribution is -0.426. The highest BCUT2D eigenvalue weighted by Gasteiger charge is 2.28. The van der Waals surface area contributed by atoms with E-state index < -0.39 is 14.8 Å². The van der Waals surface area contributed by atoms with Gasteiger partial charge in [0, 0.05) is 36.0 Å². The highest BCUT2D eigenvalue weighted by atomic mass is 16.6. The molecule has 5 rings (SSSR count). The molecule has 0 aromatic heterocycles. The molecule has 0 saturated heterocycles. The molecule has 0 N–H and O–H groups in total. The Balaban J connectivity index is 0.000000357. The van der Waals surface area contributed by atoms with Gasteiger partial charge in [0.2, 0.25) is 5.71 Å². The van der Waals surface area contributed by atoms with Crippen LogP contribution >= 0.6 is 0 Å². The molecule has 0 fully saturated rings. The Morgan fingerprint density at radius 1 is 0.579 bits per heavy atom. The van der Waals surface area contributed by atoms with Crippen LogP contribution in [-0.2, 0) is 0 Å². The molecule has 0 aromatic carbocycles. The topological polar surface area (TPSA) is 278 Å². The van der Waals surface area contributed by atoms with Crippen LogP contribution < -0.4 is 0 Å². The monoisotopic (exact) mass is 794 g/mol. The second kappa shape index (κ2) is 24.9. The number of amidine groups is 2. The van der Waals surface area contributed by atoms with Gasteiger partial charge in [0.05, 0.1) is 36.9 Å². The van der Waals surface area contributed by atoms with E-state index in [2.05, 4.69) is 36.8 Å². The smallest absolute Gasteiger partial charge is 0.358 e. The Kier molecular flexibility index (Phi) is 21.2. The average molecular weight is 795 g/mol. The summed E-state index contributed by atoms with van der Waals surface area (Å²) in [6, 6.07) is 0. The molecular weight excluding hydrogens is 744 g/mol. The third-order valence-corrected chi connectivity index (χ3v) is 8.76. The SMILES string of the molecule is CC#CC1=NC([N+](=O)[O-])=C(CC)C1.CCC1=C(CC)N=C([N+](=O)[O-])C1.CCC1=C([N+](=O)[O-])C=NC1.CCC1=CN=C([N+](=O)[O-])C1.CCC1=NC([N+](=O)[O-])=C(CC)C1. The number of nitro groups is 5. The van der Waals surface area contributed by atoms with E-state index in [1.165, 1.54) is 6.21 Å². The summed E-state index contributed by atoms with van der Waals surface area (Å²) >= 11 is 0. The summed E-state index contributed by atoms with van der Waals surface area (Å²) in [5.74, 6) is 5.66. The van der Waals surface area contributed by atoms with E-state index in [4.69, 9.17) is 0 Å². The largest absolute Gasteiger partial charge is 0.364 e. The number of nitrogens with zero attached hydrogens (tertiary/aromatic N) is 10. The van der Waals surface area contributed by atoms with Crippen LogP contribution in [0.1, 0.15) is 126 Å². The molecule has 0 spiro atoms. The molecule has 5 aliphatic heterocycles. The van der Waals surface area contributed by atoms with Crippen LogP contribution in [0.5, 0.6) is 0 Å². The van der Waals surface area contributed by atoms with Gasteiger partial charge >= 0.3 is 23.3 Å². The van der Waals surface area contributed by atoms with E-state index in [1.807, 2.05) is 48.5 Å². The first-order valence-corrected chi connectivity index (χ1v) is 18.5. The quantitative estimate of drug-likeness (QED) is 0.116. The van der Waals surface area contributed by atoms with Crippen molar-refractivity contribution in [2.75, 3.05) is 6.54 Å². The second-order valence-corrected chi connectivity index (χ2v) is 12.3. The van der Waals surface area contributed by atoms with Crippen molar-refractivity contribution in [2.45, 2.75) is 126 Å². The highest BCUT2D eigenvalue weighted by molar-refractivity contribution is 6.03. The minimum atomic E-state index is -0.441. The zero-order valence-electron chi connectivity index (χ0n) is 33.7. The Labute approximate surface area is 330 Å². The Bertz CT molecular complexity index is 1970. The lowest BCUT2D eigenvalue weighted by Crippen LogP contribution is -2.08. The number of allylic oxidation sites excluding steroid dienone is 4. The van der Waals surface area contributed by atoms with Crippen LogP contribution in [0.2, 0.25) is 0 Å². The van der Waals surface area contributed by atoms with Crippen LogP contribution in [0.15, 0.2) is 82.1 Å². The number of hydrogen-bond donors (Lipinski definition) is 0. The first-order valence-electron chi connectivity index (χ1n) is 18.5. The van der Waals surface area contributed by atoms with Crippen LogP contribution in [-0.4, -0.2) is 60.5 Å². The summed E-state index contributed by atoms with van der Waals surface area (Å²) in [6.07, 6.45) is 10.4. The second-order valence-electron chi connectivity index (χ2n) is 12.3. The number of hydrogen-bond acceptors (Lipinski definition) is 15. The molecule has 0 bridgehead atoms. The predicted octanol–water partition coefficient (Wildman–Crippen LogP) is 8.40. The molecule has 308 valence electrons. The van der Waals surface area contributed by atoms with Crippen molar-refractivity contribution in [3.8, 4) is 11.8 Å². The van der Waals surface area contributed by atoms with Crippen LogP contribution in [0, 0.1) is 62.4 Å². The molecular formula is C37H50N10O10. The van der Waals surface area contributed by atoms with Gasteiger partial charge in [-0.25, -0.2) is 0 Å². The minimum Gasteiger partial charge on any atom is -0.358 e. The van der Waals surface area contributed by atoms with E-state index in [0.717, 1.165) is 77.8 Å². The molecule has 20 nitrogen and oxygen atoms in total. The zero-order valence-corrected chi connectivity index (χ0v) is 33.7. The molecule has 0 unspecified atom stereocenters.